The predicted molar refractivity (Wildman–Crippen MR) is 97.1 cm³/mol. The number of hydrogen-bond acceptors (Lipinski definition) is 2. The summed E-state index contributed by atoms with van der Waals surface area (Å²) in [7, 11) is 0. The lowest BCUT2D eigenvalue weighted by atomic mass is 9.86. The Morgan fingerprint density at radius 1 is 0.870 bits per heavy atom. The van der Waals surface area contributed by atoms with Crippen LogP contribution in [0.4, 0.5) is 11.4 Å². The molecule has 2 nitrogen and oxygen atoms in total. The molecule has 0 bridgehead atoms. The third-order valence-corrected chi connectivity index (χ3v) is 3.98. The van der Waals surface area contributed by atoms with E-state index in [1.54, 1.807) is 0 Å². The molecule has 3 rings (SSSR count). The predicted octanol–water partition coefficient (Wildman–Crippen LogP) is 5.75. The van der Waals surface area contributed by atoms with Crippen molar-refractivity contribution in [2.75, 3.05) is 5.32 Å². The van der Waals surface area contributed by atoms with Crippen LogP contribution < -0.4 is 5.32 Å². The first-order valence-corrected chi connectivity index (χ1v) is 7.78. The van der Waals surface area contributed by atoms with E-state index in [1.807, 2.05) is 18.2 Å². The molecule has 0 aliphatic rings. The fraction of sp³-hybridized carbons (Fsp3) is 0.190. The summed E-state index contributed by atoms with van der Waals surface area (Å²) in [6, 6.07) is 22.6. The Balaban J connectivity index is 1.98. The van der Waals surface area contributed by atoms with E-state index >= 15 is 0 Å². The van der Waals surface area contributed by atoms with Gasteiger partial charge in [0, 0.05) is 11.4 Å². The number of nitrogens with one attached hydrogen (secondary N) is 1. The molecule has 1 N–H and O–H groups in total. The van der Waals surface area contributed by atoms with E-state index < -0.39 is 0 Å². The van der Waals surface area contributed by atoms with Crippen molar-refractivity contribution >= 4 is 22.1 Å². The molecule has 2 heteroatoms. The minimum absolute atomic E-state index is 0.0855. The van der Waals surface area contributed by atoms with Gasteiger partial charge in [-0.05, 0) is 52.1 Å². The van der Waals surface area contributed by atoms with Gasteiger partial charge in [0.05, 0.1) is 11.6 Å². The molecule has 0 fully saturated rings. The Kier molecular flexibility index (Phi) is 3.80. The van der Waals surface area contributed by atoms with Crippen molar-refractivity contribution in [3.63, 3.8) is 0 Å². The summed E-state index contributed by atoms with van der Waals surface area (Å²) < 4.78 is 0. The van der Waals surface area contributed by atoms with Gasteiger partial charge in [0.1, 0.15) is 0 Å². The molecule has 0 aromatic heterocycles. The summed E-state index contributed by atoms with van der Waals surface area (Å²) in [5.74, 6) is 0. The first-order valence-electron chi connectivity index (χ1n) is 7.78. The monoisotopic (exact) mass is 300 g/mol. The van der Waals surface area contributed by atoms with Crippen molar-refractivity contribution in [2.24, 2.45) is 0 Å². The Hall–Kier alpha value is -2.79. The van der Waals surface area contributed by atoms with E-state index in [0.29, 0.717) is 5.56 Å². The van der Waals surface area contributed by atoms with Crippen LogP contribution in [0.1, 0.15) is 31.9 Å². The number of rotatable bonds is 2. The highest BCUT2D eigenvalue weighted by molar-refractivity contribution is 5.87. The number of benzene rings is 3. The molecule has 0 aliphatic carbocycles. The average Bonchev–Trinajstić information content (AvgIpc) is 2.54. The smallest absolute Gasteiger partial charge is 0.0991 e. The maximum atomic E-state index is 8.99. The summed E-state index contributed by atoms with van der Waals surface area (Å²) in [5, 5.41) is 14.7. The topological polar surface area (TPSA) is 35.8 Å². The van der Waals surface area contributed by atoms with Crippen LogP contribution in [-0.4, -0.2) is 0 Å². The first-order chi connectivity index (χ1) is 11.0. The van der Waals surface area contributed by atoms with Gasteiger partial charge in [-0.3, -0.25) is 0 Å². The lowest BCUT2D eigenvalue weighted by molar-refractivity contribution is 0.592. The van der Waals surface area contributed by atoms with Crippen LogP contribution in [0.5, 0.6) is 0 Å². The largest absolute Gasteiger partial charge is 0.355 e. The molecule has 23 heavy (non-hydrogen) atoms. The minimum Gasteiger partial charge on any atom is -0.355 e. The van der Waals surface area contributed by atoms with Gasteiger partial charge in [0.15, 0.2) is 0 Å². The molecule has 0 amide bonds. The van der Waals surface area contributed by atoms with Crippen LogP contribution >= 0.6 is 0 Å². The van der Waals surface area contributed by atoms with Crippen LogP contribution in [0.15, 0.2) is 60.7 Å². The third-order valence-electron chi connectivity index (χ3n) is 3.98. The highest BCUT2D eigenvalue weighted by Gasteiger charge is 2.17. The van der Waals surface area contributed by atoms with Crippen molar-refractivity contribution in [1.29, 1.82) is 5.26 Å². The van der Waals surface area contributed by atoms with E-state index in [4.69, 9.17) is 5.26 Å². The molecule has 0 heterocycles. The van der Waals surface area contributed by atoms with E-state index in [9.17, 15) is 0 Å². The molecule has 114 valence electrons. The second-order valence-corrected chi connectivity index (χ2v) is 6.81. The third kappa shape index (κ3) is 3.19. The molecule has 0 spiro atoms. The number of hydrogen-bond donors (Lipinski definition) is 1. The number of nitrogens with zero attached hydrogens (tertiary/aromatic N) is 1. The quantitative estimate of drug-likeness (QED) is 0.653. The van der Waals surface area contributed by atoms with Gasteiger partial charge >= 0.3 is 0 Å². The Morgan fingerprint density at radius 2 is 1.57 bits per heavy atom. The molecule has 3 aromatic carbocycles. The number of para-hydroxylation sites is 1. The van der Waals surface area contributed by atoms with Crippen LogP contribution in [0, 0.1) is 11.3 Å². The lowest BCUT2D eigenvalue weighted by Gasteiger charge is -2.23. The van der Waals surface area contributed by atoms with Crippen LogP contribution in [0.2, 0.25) is 0 Å². The van der Waals surface area contributed by atoms with Crippen LogP contribution in [-0.2, 0) is 5.41 Å². The highest BCUT2D eigenvalue weighted by atomic mass is 14.9. The standard InChI is InChI=1S/C21H20N2/c1-21(2,3)19-6-4-5-7-20(19)23-18-11-10-16-12-15(14-22)8-9-17(16)13-18/h4-13,23H,1-3H3. The van der Waals surface area contributed by atoms with Crippen molar-refractivity contribution in [1.82, 2.24) is 0 Å². The summed E-state index contributed by atoms with van der Waals surface area (Å²) in [5.41, 5.74) is 4.26. The molecular formula is C21H20N2. The fourth-order valence-electron chi connectivity index (χ4n) is 2.79. The Labute approximate surface area is 137 Å². The van der Waals surface area contributed by atoms with Gasteiger partial charge in [-0.25, -0.2) is 0 Å². The molecule has 0 aliphatic heterocycles. The zero-order valence-corrected chi connectivity index (χ0v) is 13.7. The van der Waals surface area contributed by atoms with Gasteiger partial charge in [-0.2, -0.15) is 5.26 Å². The zero-order chi connectivity index (χ0) is 16.4. The summed E-state index contributed by atoms with van der Waals surface area (Å²) in [6.07, 6.45) is 0. The average molecular weight is 300 g/mol. The highest BCUT2D eigenvalue weighted by Crippen LogP contribution is 2.32. The fourth-order valence-corrected chi connectivity index (χ4v) is 2.79. The maximum absolute atomic E-state index is 8.99. The minimum atomic E-state index is 0.0855. The number of fused-ring (bicyclic) bond motifs is 1. The number of nitriles is 1. The summed E-state index contributed by atoms with van der Waals surface area (Å²) >= 11 is 0. The van der Waals surface area contributed by atoms with Gasteiger partial charge in [-0.15, -0.1) is 0 Å². The van der Waals surface area contributed by atoms with Gasteiger partial charge in [0.25, 0.3) is 0 Å². The van der Waals surface area contributed by atoms with Crippen molar-refractivity contribution < 1.29 is 0 Å². The van der Waals surface area contributed by atoms with E-state index in [0.717, 1.165) is 22.1 Å². The molecule has 0 atom stereocenters. The molecule has 0 saturated heterocycles. The maximum Gasteiger partial charge on any atom is 0.0991 e. The zero-order valence-electron chi connectivity index (χ0n) is 13.7. The van der Waals surface area contributed by atoms with Crippen molar-refractivity contribution in [3.05, 3.63) is 71.8 Å². The second kappa shape index (κ2) is 5.78. The van der Waals surface area contributed by atoms with E-state index in [2.05, 4.69) is 74.6 Å². The van der Waals surface area contributed by atoms with Gasteiger partial charge < -0.3 is 5.32 Å². The van der Waals surface area contributed by atoms with Crippen LogP contribution in [0.3, 0.4) is 0 Å². The first kappa shape index (κ1) is 15.1. The summed E-state index contributed by atoms with van der Waals surface area (Å²) in [6.45, 7) is 6.66. The normalized spacial score (nSPS) is 11.2. The molecular weight excluding hydrogens is 280 g/mol. The summed E-state index contributed by atoms with van der Waals surface area (Å²) in [4.78, 5) is 0. The van der Waals surface area contributed by atoms with Gasteiger partial charge in [-0.1, -0.05) is 51.1 Å². The lowest BCUT2D eigenvalue weighted by Crippen LogP contribution is -2.13. The Morgan fingerprint density at radius 3 is 2.30 bits per heavy atom. The molecule has 0 saturated carbocycles. The SMILES string of the molecule is CC(C)(C)c1ccccc1Nc1ccc2cc(C#N)ccc2c1. The molecule has 0 unspecified atom stereocenters. The van der Waals surface area contributed by atoms with Crippen molar-refractivity contribution in [2.45, 2.75) is 26.2 Å². The molecule has 3 aromatic rings. The van der Waals surface area contributed by atoms with E-state index in [-0.39, 0.29) is 5.41 Å². The van der Waals surface area contributed by atoms with Crippen LogP contribution in [0.25, 0.3) is 10.8 Å². The van der Waals surface area contributed by atoms with Gasteiger partial charge in [0.2, 0.25) is 0 Å². The van der Waals surface area contributed by atoms with Crippen molar-refractivity contribution in [3.8, 4) is 6.07 Å². The Bertz CT molecular complexity index is 896. The second-order valence-electron chi connectivity index (χ2n) is 6.81. The molecule has 0 radical (unpaired) electrons. The number of anilines is 2. The van der Waals surface area contributed by atoms with E-state index in [1.165, 1.54) is 5.56 Å².